The topological polar surface area (TPSA) is 67.4 Å². The molecule has 0 radical (unpaired) electrons. The largest absolute Gasteiger partial charge is 0.351 e. The van der Waals surface area contributed by atoms with Crippen LogP contribution in [0.3, 0.4) is 0 Å². The van der Waals surface area contributed by atoms with Gasteiger partial charge in [-0.25, -0.2) is 4.98 Å². The normalized spacial score (nSPS) is 19.6. The second-order valence-corrected chi connectivity index (χ2v) is 5.62. The lowest BCUT2D eigenvalue weighted by Crippen LogP contribution is -2.50. The van der Waals surface area contributed by atoms with Crippen molar-refractivity contribution in [3.8, 4) is 0 Å². The van der Waals surface area contributed by atoms with E-state index in [0.717, 1.165) is 24.6 Å². The van der Waals surface area contributed by atoms with Gasteiger partial charge in [0.05, 0.1) is 11.7 Å². The third kappa shape index (κ3) is 2.64. The van der Waals surface area contributed by atoms with Crippen molar-refractivity contribution in [3.63, 3.8) is 0 Å². The molecular weight excluding hydrogens is 282 g/mol. The quantitative estimate of drug-likeness (QED) is 0.853. The first-order valence-electron chi connectivity index (χ1n) is 7.54. The van der Waals surface area contributed by atoms with E-state index in [0.29, 0.717) is 18.8 Å². The minimum Gasteiger partial charge on any atom is -0.351 e. The van der Waals surface area contributed by atoms with Crippen LogP contribution >= 0.6 is 0 Å². The molecule has 3 heterocycles. The van der Waals surface area contributed by atoms with Gasteiger partial charge in [0.25, 0.3) is 5.91 Å². The van der Waals surface area contributed by atoms with E-state index in [1.54, 1.807) is 12.3 Å². The number of carbonyl (C=O) groups is 1. The number of hydrogen-bond acceptors (Lipinski definition) is 5. The monoisotopic (exact) mass is 303 g/mol. The number of imidazole rings is 1. The highest BCUT2D eigenvalue weighted by Crippen LogP contribution is 2.24. The highest BCUT2D eigenvalue weighted by Gasteiger charge is 2.33. The van der Waals surface area contributed by atoms with E-state index in [4.69, 9.17) is 4.52 Å². The Labute approximate surface area is 129 Å². The zero-order valence-electron chi connectivity index (χ0n) is 13.2. The maximum atomic E-state index is 12.6. The van der Waals surface area contributed by atoms with Crippen molar-refractivity contribution in [1.29, 1.82) is 0 Å². The highest BCUT2D eigenvalue weighted by atomic mass is 16.5. The van der Waals surface area contributed by atoms with Crippen LogP contribution < -0.4 is 0 Å². The van der Waals surface area contributed by atoms with Gasteiger partial charge in [-0.3, -0.25) is 9.69 Å². The molecule has 1 aliphatic rings. The third-order valence-corrected chi connectivity index (χ3v) is 4.18. The van der Waals surface area contributed by atoms with Crippen LogP contribution in [0.15, 0.2) is 23.0 Å². The van der Waals surface area contributed by atoms with Crippen molar-refractivity contribution in [2.75, 3.05) is 26.2 Å². The average molecular weight is 303 g/mol. The summed E-state index contributed by atoms with van der Waals surface area (Å²) in [5, 5.41) is 3.80. The van der Waals surface area contributed by atoms with E-state index >= 15 is 0 Å². The number of nitrogens with zero attached hydrogens (tertiary/aromatic N) is 5. The molecule has 0 aliphatic carbocycles. The van der Waals surface area contributed by atoms with Crippen molar-refractivity contribution < 1.29 is 9.32 Å². The molecule has 7 heteroatoms. The van der Waals surface area contributed by atoms with Gasteiger partial charge in [-0.2, -0.15) is 0 Å². The standard InChI is InChI=1S/C15H21N5O2/c1-4-19-7-8-20(15(21)13-9-11(2)17-22-13)10-12(19)14-16-5-6-18(14)3/h5-6,9,12H,4,7-8,10H2,1-3H3/t12-/m1/s1. The second kappa shape index (κ2) is 5.92. The zero-order chi connectivity index (χ0) is 15.7. The Morgan fingerprint density at radius 1 is 1.45 bits per heavy atom. The smallest absolute Gasteiger partial charge is 0.292 e. The van der Waals surface area contributed by atoms with Crippen LogP contribution in [-0.2, 0) is 7.05 Å². The molecule has 2 aromatic rings. The maximum absolute atomic E-state index is 12.6. The second-order valence-electron chi connectivity index (χ2n) is 5.62. The van der Waals surface area contributed by atoms with Crippen molar-refractivity contribution >= 4 is 5.91 Å². The van der Waals surface area contributed by atoms with Gasteiger partial charge in [0.15, 0.2) is 0 Å². The molecule has 0 saturated carbocycles. The predicted molar refractivity (Wildman–Crippen MR) is 80.3 cm³/mol. The van der Waals surface area contributed by atoms with Gasteiger partial charge in [0.2, 0.25) is 5.76 Å². The molecule has 2 aromatic heterocycles. The molecule has 1 saturated heterocycles. The van der Waals surface area contributed by atoms with Gasteiger partial charge in [-0.05, 0) is 13.5 Å². The van der Waals surface area contributed by atoms with Crippen LogP contribution in [0.1, 0.15) is 35.0 Å². The Bertz CT molecular complexity index is 662. The van der Waals surface area contributed by atoms with Gasteiger partial charge >= 0.3 is 0 Å². The number of piperazine rings is 1. The number of rotatable bonds is 3. The molecular formula is C15H21N5O2. The first-order chi connectivity index (χ1) is 10.6. The predicted octanol–water partition coefficient (Wildman–Crippen LogP) is 1.24. The SMILES string of the molecule is CCN1CCN(C(=O)c2cc(C)no2)C[C@@H]1c1nccn1C. The fraction of sp³-hybridized carbons (Fsp3) is 0.533. The van der Waals surface area contributed by atoms with Crippen molar-refractivity contribution in [2.45, 2.75) is 19.9 Å². The van der Waals surface area contributed by atoms with Crippen LogP contribution in [-0.4, -0.2) is 56.6 Å². The molecule has 1 amide bonds. The molecule has 0 bridgehead atoms. The van der Waals surface area contributed by atoms with Crippen LogP contribution in [0.4, 0.5) is 0 Å². The number of likely N-dealkylation sites (N-methyl/N-ethyl adjacent to an activating group) is 1. The molecule has 0 aromatic carbocycles. The van der Waals surface area contributed by atoms with Gasteiger partial charge in [0.1, 0.15) is 5.82 Å². The Morgan fingerprint density at radius 2 is 2.27 bits per heavy atom. The molecule has 118 valence electrons. The van der Waals surface area contributed by atoms with Gasteiger partial charge in [-0.1, -0.05) is 12.1 Å². The summed E-state index contributed by atoms with van der Waals surface area (Å²) in [6.07, 6.45) is 3.73. The Morgan fingerprint density at radius 3 is 2.86 bits per heavy atom. The average Bonchev–Trinajstić information content (AvgIpc) is 3.14. The van der Waals surface area contributed by atoms with E-state index < -0.39 is 0 Å². The highest BCUT2D eigenvalue weighted by molar-refractivity contribution is 5.91. The molecule has 22 heavy (non-hydrogen) atoms. The summed E-state index contributed by atoms with van der Waals surface area (Å²) in [5.74, 6) is 1.18. The summed E-state index contributed by atoms with van der Waals surface area (Å²) in [7, 11) is 1.98. The molecule has 7 nitrogen and oxygen atoms in total. The summed E-state index contributed by atoms with van der Waals surface area (Å²) in [6.45, 7) is 7.00. The number of amides is 1. The summed E-state index contributed by atoms with van der Waals surface area (Å²) >= 11 is 0. The van der Waals surface area contributed by atoms with Crippen LogP contribution in [0, 0.1) is 6.92 Å². The maximum Gasteiger partial charge on any atom is 0.292 e. The minimum absolute atomic E-state index is 0.101. The van der Waals surface area contributed by atoms with Crippen LogP contribution in [0.5, 0.6) is 0 Å². The van der Waals surface area contributed by atoms with Crippen molar-refractivity contribution in [1.82, 2.24) is 24.5 Å². The van der Waals surface area contributed by atoms with E-state index in [1.165, 1.54) is 0 Å². The number of aromatic nitrogens is 3. The molecule has 0 unspecified atom stereocenters. The lowest BCUT2D eigenvalue weighted by molar-refractivity contribution is 0.0439. The molecule has 0 spiro atoms. The molecule has 1 fully saturated rings. The molecule has 3 rings (SSSR count). The van der Waals surface area contributed by atoms with Gasteiger partial charge < -0.3 is 14.0 Å². The van der Waals surface area contributed by atoms with Crippen LogP contribution in [0.25, 0.3) is 0 Å². The van der Waals surface area contributed by atoms with E-state index in [2.05, 4.69) is 22.0 Å². The van der Waals surface area contributed by atoms with Gasteiger partial charge in [-0.15, -0.1) is 0 Å². The lowest BCUT2D eigenvalue weighted by Gasteiger charge is -2.40. The molecule has 1 atom stereocenters. The van der Waals surface area contributed by atoms with E-state index in [1.807, 2.05) is 29.6 Å². The van der Waals surface area contributed by atoms with Crippen molar-refractivity contribution in [2.24, 2.45) is 7.05 Å². The van der Waals surface area contributed by atoms with Crippen molar-refractivity contribution in [3.05, 3.63) is 35.7 Å². The van der Waals surface area contributed by atoms with E-state index in [9.17, 15) is 4.79 Å². The molecule has 0 N–H and O–H groups in total. The van der Waals surface area contributed by atoms with E-state index in [-0.39, 0.29) is 11.9 Å². The first kappa shape index (κ1) is 14.8. The Balaban J connectivity index is 1.81. The van der Waals surface area contributed by atoms with Gasteiger partial charge in [0, 0.05) is 45.1 Å². The Hall–Kier alpha value is -2.15. The number of aryl methyl sites for hydroxylation is 2. The summed E-state index contributed by atoms with van der Waals surface area (Å²) in [4.78, 5) is 21.2. The first-order valence-corrected chi connectivity index (χ1v) is 7.54. The Kier molecular flexibility index (Phi) is 3.98. The third-order valence-electron chi connectivity index (χ3n) is 4.18. The summed E-state index contributed by atoms with van der Waals surface area (Å²) in [5.41, 5.74) is 0.719. The zero-order valence-corrected chi connectivity index (χ0v) is 13.2. The fourth-order valence-corrected chi connectivity index (χ4v) is 2.95. The summed E-state index contributed by atoms with van der Waals surface area (Å²) in [6, 6.07) is 1.79. The summed E-state index contributed by atoms with van der Waals surface area (Å²) < 4.78 is 7.12. The van der Waals surface area contributed by atoms with Crippen LogP contribution in [0.2, 0.25) is 0 Å². The minimum atomic E-state index is -0.101. The number of carbonyl (C=O) groups excluding carboxylic acids is 1. The molecule has 1 aliphatic heterocycles. The lowest BCUT2D eigenvalue weighted by atomic mass is 10.1. The number of hydrogen-bond donors (Lipinski definition) is 0. The fourth-order valence-electron chi connectivity index (χ4n) is 2.95.